The van der Waals surface area contributed by atoms with Crippen molar-refractivity contribution in [2.75, 3.05) is 13.2 Å². The molecule has 338 valence electrons. The maximum atomic E-state index is 12.8. The lowest BCUT2D eigenvalue weighted by molar-refractivity contribution is -0.220. The van der Waals surface area contributed by atoms with E-state index < -0.39 is 75.7 Å². The Morgan fingerprint density at radius 1 is 0.474 bits per heavy atom. The Bertz CT molecular complexity index is 1020. The van der Waals surface area contributed by atoms with E-state index >= 15 is 0 Å². The number of hydrogen-bond acceptors (Lipinski definition) is 12. The molecule has 0 aliphatic heterocycles. The summed E-state index contributed by atoms with van der Waals surface area (Å²) in [7, 11) is -5.11. The first kappa shape index (κ1) is 53.9. The third-order valence-corrected chi connectivity index (χ3v) is 11.9. The molecule has 13 nitrogen and oxygen atoms in total. The number of aliphatic hydroxyl groups is 5. The first-order chi connectivity index (χ1) is 27.4. The minimum absolute atomic E-state index is 0.104. The van der Waals surface area contributed by atoms with Crippen LogP contribution < -0.4 is 0 Å². The van der Waals surface area contributed by atoms with Crippen LogP contribution in [0.4, 0.5) is 0 Å². The first-order valence-electron chi connectivity index (χ1n) is 22.8. The van der Waals surface area contributed by atoms with Crippen LogP contribution in [-0.4, -0.2) is 98.3 Å². The van der Waals surface area contributed by atoms with Gasteiger partial charge in [-0.3, -0.25) is 18.6 Å². The third kappa shape index (κ3) is 27.3. The molecule has 0 aromatic rings. The molecule has 0 amide bonds. The average molecular weight is 839 g/mol. The third-order valence-electron chi connectivity index (χ3n) is 10.9. The average Bonchev–Trinajstić information content (AvgIpc) is 3.19. The lowest BCUT2D eigenvalue weighted by atomic mass is 9.85. The van der Waals surface area contributed by atoms with E-state index in [4.69, 9.17) is 18.5 Å². The van der Waals surface area contributed by atoms with Crippen molar-refractivity contribution in [3.8, 4) is 0 Å². The van der Waals surface area contributed by atoms with Crippen LogP contribution in [-0.2, 0) is 32.7 Å². The van der Waals surface area contributed by atoms with E-state index in [1.54, 1.807) is 0 Å². The molecule has 0 aromatic heterocycles. The predicted octanol–water partition coefficient (Wildman–Crippen LogP) is 8.50. The molecule has 1 rings (SSSR count). The second-order valence-corrected chi connectivity index (χ2v) is 17.7. The van der Waals surface area contributed by atoms with Crippen molar-refractivity contribution in [1.82, 2.24) is 0 Å². The summed E-state index contributed by atoms with van der Waals surface area (Å²) in [5, 5.41) is 50.1. The molecule has 0 aromatic carbocycles. The topological polar surface area (TPSA) is 210 Å². The standard InChI is InChI=1S/C43H83O13P/c1-3-5-7-9-11-13-15-16-17-18-19-20-22-23-25-27-29-31-36(44)53-33-35(55-37(45)32-30-28-26-24-21-14-12-10-8-6-4-2)34-54-57(51,52)56-43-41(49)39(47)38(46)40(48)42(43)50/h35,38-43,46-50H,3-34H2,1-2H3,(H,51,52)/t35-,38?,39-,40?,41?,42?,43?/m1/s1. The second-order valence-electron chi connectivity index (χ2n) is 16.3. The SMILES string of the molecule is CCCCCCCCCCCCCCCCCCCC(=O)OC[C@H](COP(=O)(O)OC1C(O)C(O)C(O)[C@@H](O)C1O)OC(=O)CCCCCCCCCCCCC. The zero-order valence-electron chi connectivity index (χ0n) is 35.7. The van der Waals surface area contributed by atoms with Gasteiger partial charge in [0.25, 0.3) is 0 Å². The van der Waals surface area contributed by atoms with Crippen LogP contribution in [0.25, 0.3) is 0 Å². The van der Waals surface area contributed by atoms with Gasteiger partial charge in [-0.2, -0.15) is 0 Å². The van der Waals surface area contributed by atoms with Gasteiger partial charge in [0.1, 0.15) is 43.2 Å². The van der Waals surface area contributed by atoms with Gasteiger partial charge in [-0.05, 0) is 12.8 Å². The summed E-state index contributed by atoms with van der Waals surface area (Å²) in [4.78, 5) is 35.6. The first-order valence-corrected chi connectivity index (χ1v) is 24.3. The largest absolute Gasteiger partial charge is 0.472 e. The van der Waals surface area contributed by atoms with E-state index in [0.29, 0.717) is 12.8 Å². The molecule has 0 heterocycles. The van der Waals surface area contributed by atoms with E-state index in [2.05, 4.69) is 13.8 Å². The van der Waals surface area contributed by atoms with E-state index in [1.165, 1.54) is 122 Å². The van der Waals surface area contributed by atoms with Gasteiger partial charge >= 0.3 is 19.8 Å². The number of unbranched alkanes of at least 4 members (excludes halogenated alkanes) is 26. The van der Waals surface area contributed by atoms with E-state index in [9.17, 15) is 44.6 Å². The summed E-state index contributed by atoms with van der Waals surface area (Å²) in [6.45, 7) is 3.30. The molecule has 0 radical (unpaired) electrons. The van der Waals surface area contributed by atoms with Crippen LogP contribution in [0.15, 0.2) is 0 Å². The summed E-state index contributed by atoms with van der Waals surface area (Å²) < 4.78 is 33.5. The fourth-order valence-electron chi connectivity index (χ4n) is 7.23. The fourth-order valence-corrected chi connectivity index (χ4v) is 8.20. The van der Waals surface area contributed by atoms with Crippen LogP contribution in [0.2, 0.25) is 0 Å². The van der Waals surface area contributed by atoms with Crippen LogP contribution in [0, 0.1) is 0 Å². The molecule has 1 aliphatic carbocycles. The molecule has 0 spiro atoms. The zero-order valence-corrected chi connectivity index (χ0v) is 36.6. The predicted molar refractivity (Wildman–Crippen MR) is 221 cm³/mol. The Labute approximate surface area is 344 Å². The number of aliphatic hydroxyl groups excluding tert-OH is 5. The molecule has 1 saturated carbocycles. The highest BCUT2D eigenvalue weighted by Gasteiger charge is 2.51. The molecule has 6 unspecified atom stereocenters. The van der Waals surface area contributed by atoms with E-state index in [1.807, 2.05) is 0 Å². The van der Waals surface area contributed by atoms with Crippen molar-refractivity contribution in [3.05, 3.63) is 0 Å². The number of carbonyl (C=O) groups excluding carboxylic acids is 2. The number of hydrogen-bond donors (Lipinski definition) is 6. The minimum Gasteiger partial charge on any atom is -0.462 e. The highest BCUT2D eigenvalue weighted by atomic mass is 31.2. The second kappa shape index (κ2) is 34.6. The molecule has 8 atom stereocenters. The van der Waals surface area contributed by atoms with Crippen molar-refractivity contribution in [2.24, 2.45) is 0 Å². The molecular weight excluding hydrogens is 755 g/mol. The van der Waals surface area contributed by atoms with Gasteiger partial charge in [0, 0.05) is 12.8 Å². The van der Waals surface area contributed by atoms with Crippen molar-refractivity contribution in [1.29, 1.82) is 0 Å². The molecule has 6 N–H and O–H groups in total. The fraction of sp³-hybridized carbons (Fsp3) is 0.953. The van der Waals surface area contributed by atoms with Crippen molar-refractivity contribution < 1.29 is 63.1 Å². The normalized spacial score (nSPS) is 22.6. The molecular formula is C43H83O13P. The monoisotopic (exact) mass is 839 g/mol. The van der Waals surface area contributed by atoms with Gasteiger partial charge in [0.05, 0.1) is 6.61 Å². The van der Waals surface area contributed by atoms with Crippen molar-refractivity contribution in [2.45, 2.75) is 249 Å². The number of ether oxygens (including phenoxy) is 2. The van der Waals surface area contributed by atoms with Crippen LogP contribution >= 0.6 is 7.82 Å². The molecule has 1 aliphatic rings. The molecule has 57 heavy (non-hydrogen) atoms. The Balaban J connectivity index is 2.42. The van der Waals surface area contributed by atoms with Gasteiger partial charge < -0.3 is 39.9 Å². The van der Waals surface area contributed by atoms with Crippen LogP contribution in [0.3, 0.4) is 0 Å². The molecule has 0 bridgehead atoms. The van der Waals surface area contributed by atoms with Crippen molar-refractivity contribution >= 4 is 19.8 Å². The smallest absolute Gasteiger partial charge is 0.462 e. The lowest BCUT2D eigenvalue weighted by Crippen LogP contribution is -2.64. The Morgan fingerprint density at radius 3 is 1.16 bits per heavy atom. The number of esters is 2. The quantitative estimate of drug-likeness (QED) is 0.0196. The lowest BCUT2D eigenvalue weighted by Gasteiger charge is -2.41. The zero-order chi connectivity index (χ0) is 42.2. The maximum Gasteiger partial charge on any atom is 0.472 e. The molecule has 0 saturated heterocycles. The van der Waals surface area contributed by atoms with Gasteiger partial charge in [-0.15, -0.1) is 0 Å². The summed E-state index contributed by atoms with van der Waals surface area (Å²) in [6, 6.07) is 0. The summed E-state index contributed by atoms with van der Waals surface area (Å²) in [5.74, 6) is -1.09. The van der Waals surface area contributed by atoms with E-state index in [0.717, 1.165) is 44.9 Å². The minimum atomic E-state index is -5.11. The number of phosphoric acid groups is 1. The number of carbonyl (C=O) groups is 2. The summed E-state index contributed by atoms with van der Waals surface area (Å²) in [5.41, 5.74) is 0. The van der Waals surface area contributed by atoms with Gasteiger partial charge in [-0.25, -0.2) is 4.57 Å². The highest BCUT2D eigenvalue weighted by molar-refractivity contribution is 7.47. The summed E-state index contributed by atoms with van der Waals surface area (Å²) in [6.07, 6.45) is 20.2. The number of rotatable bonds is 38. The van der Waals surface area contributed by atoms with Crippen LogP contribution in [0.5, 0.6) is 0 Å². The Hall–Kier alpha value is -1.15. The van der Waals surface area contributed by atoms with E-state index in [-0.39, 0.29) is 12.8 Å². The number of phosphoric ester groups is 1. The maximum absolute atomic E-state index is 12.8. The van der Waals surface area contributed by atoms with Gasteiger partial charge in [0.2, 0.25) is 0 Å². The highest BCUT2D eigenvalue weighted by Crippen LogP contribution is 2.47. The van der Waals surface area contributed by atoms with Gasteiger partial charge in [0.15, 0.2) is 6.10 Å². The molecule has 1 fully saturated rings. The van der Waals surface area contributed by atoms with Crippen LogP contribution in [0.1, 0.15) is 206 Å². The Morgan fingerprint density at radius 2 is 0.789 bits per heavy atom. The Kier molecular flexibility index (Phi) is 32.7. The molecule has 14 heteroatoms. The van der Waals surface area contributed by atoms with Crippen molar-refractivity contribution in [3.63, 3.8) is 0 Å². The van der Waals surface area contributed by atoms with Gasteiger partial charge in [-0.1, -0.05) is 181 Å². The summed E-state index contributed by atoms with van der Waals surface area (Å²) >= 11 is 0.